The zero-order valence-electron chi connectivity index (χ0n) is 24.3. The van der Waals surface area contributed by atoms with Crippen molar-refractivity contribution in [2.75, 3.05) is 19.8 Å². The Bertz CT molecular complexity index is 1510. The first-order valence-electron chi connectivity index (χ1n) is 14.6. The predicted molar refractivity (Wildman–Crippen MR) is 153 cm³/mol. The molecule has 2 saturated heterocycles. The van der Waals surface area contributed by atoms with E-state index in [4.69, 9.17) is 4.74 Å². The zero-order chi connectivity index (χ0) is 28.9. The van der Waals surface area contributed by atoms with E-state index in [2.05, 4.69) is 27.3 Å². The molecule has 3 atom stereocenters. The van der Waals surface area contributed by atoms with Crippen molar-refractivity contribution in [3.8, 4) is 11.1 Å². The molecule has 3 aliphatic rings. The van der Waals surface area contributed by atoms with Crippen LogP contribution in [0.5, 0.6) is 0 Å². The molecule has 0 spiro atoms. The van der Waals surface area contributed by atoms with Crippen molar-refractivity contribution in [1.29, 1.82) is 0 Å². The number of nitrogens with zero attached hydrogens (tertiary/aromatic N) is 5. The maximum Gasteiger partial charge on any atom is 0.245 e. The fourth-order valence-corrected chi connectivity index (χ4v) is 6.73. The smallest absolute Gasteiger partial charge is 0.245 e. The van der Waals surface area contributed by atoms with Crippen LogP contribution < -0.4 is 5.32 Å². The number of nitrogens with one attached hydrogen (secondary N) is 1. The first-order chi connectivity index (χ1) is 19.6. The molecule has 1 N–H and O–H groups in total. The lowest BCUT2D eigenvalue weighted by molar-refractivity contribution is -0.140. The number of carbonyl (C=O) groups is 3. The number of ketones is 1. The lowest BCUT2D eigenvalue weighted by Crippen LogP contribution is -2.49. The molecule has 41 heavy (non-hydrogen) atoms. The second-order valence-electron chi connectivity index (χ2n) is 12.3. The number of benzene rings is 1. The van der Waals surface area contributed by atoms with Crippen molar-refractivity contribution < 1.29 is 19.1 Å². The number of piperidine rings is 1. The topological polar surface area (TPSA) is 119 Å². The molecular formula is C31H38N6O4. The highest BCUT2D eigenvalue weighted by molar-refractivity contribution is 6.07. The lowest BCUT2D eigenvalue weighted by Gasteiger charge is -2.27. The maximum atomic E-state index is 13.9. The standard InChI is InChI=1S/C31H38N6O4/c1-18-11-22(23-15-33-20(3)34-16-23)12-24-28(19(2)38)35-36(29(18)24)17-27(39)37-25(13-31(4)14-26(31)37)30(40)32-8-5-21-6-9-41-10-7-21/h11-12,15-16,21,25-26H,5-10,13-14,17H2,1-4H3,(H,32,40)/t25-,26?,31-/m0/s1. The summed E-state index contributed by atoms with van der Waals surface area (Å²) in [6.07, 6.45) is 8.10. The van der Waals surface area contributed by atoms with E-state index in [9.17, 15) is 14.4 Å². The third-order valence-corrected chi connectivity index (χ3v) is 9.19. The van der Waals surface area contributed by atoms with E-state index in [0.29, 0.717) is 35.8 Å². The SMILES string of the molecule is CC(=O)c1nn(CC(=O)N2C3C[C@]3(C)C[C@H]2C(=O)NCCC2CCOCC2)c2c(C)cc(-c3cnc(C)nc3)cc12. The van der Waals surface area contributed by atoms with Gasteiger partial charge >= 0.3 is 0 Å². The van der Waals surface area contributed by atoms with E-state index >= 15 is 0 Å². The Morgan fingerprint density at radius 3 is 2.51 bits per heavy atom. The van der Waals surface area contributed by atoms with Crippen molar-refractivity contribution in [2.24, 2.45) is 11.3 Å². The number of Topliss-reactive ketones (excluding diaryl/α,β-unsaturated/α-hetero) is 1. The molecule has 6 rings (SSSR count). The van der Waals surface area contributed by atoms with Crippen LogP contribution in [0.25, 0.3) is 22.0 Å². The number of hydrogen-bond donors (Lipinski definition) is 1. The summed E-state index contributed by atoms with van der Waals surface area (Å²) in [5.41, 5.74) is 3.67. The van der Waals surface area contributed by atoms with Gasteiger partial charge in [-0.25, -0.2) is 9.97 Å². The molecule has 10 nitrogen and oxygen atoms in total. The highest BCUT2D eigenvalue weighted by Crippen LogP contribution is 2.59. The van der Waals surface area contributed by atoms with Gasteiger partial charge in [0, 0.05) is 56.1 Å². The van der Waals surface area contributed by atoms with E-state index in [1.807, 2.05) is 26.0 Å². The Hall–Kier alpha value is -3.66. The average Bonchev–Trinajstić information content (AvgIpc) is 3.30. The summed E-state index contributed by atoms with van der Waals surface area (Å²) >= 11 is 0. The molecule has 1 unspecified atom stereocenters. The Morgan fingerprint density at radius 1 is 1.07 bits per heavy atom. The van der Waals surface area contributed by atoms with Gasteiger partial charge in [-0.3, -0.25) is 19.1 Å². The summed E-state index contributed by atoms with van der Waals surface area (Å²) in [4.78, 5) is 50.2. The van der Waals surface area contributed by atoms with Gasteiger partial charge in [0.15, 0.2) is 5.78 Å². The molecule has 216 valence electrons. The Morgan fingerprint density at radius 2 is 1.80 bits per heavy atom. The van der Waals surface area contributed by atoms with Gasteiger partial charge in [-0.1, -0.05) is 6.92 Å². The predicted octanol–water partition coefficient (Wildman–Crippen LogP) is 3.63. The van der Waals surface area contributed by atoms with E-state index in [1.165, 1.54) is 6.92 Å². The minimum Gasteiger partial charge on any atom is -0.381 e. The first-order valence-corrected chi connectivity index (χ1v) is 14.6. The molecule has 0 radical (unpaired) electrons. The van der Waals surface area contributed by atoms with Crippen LogP contribution >= 0.6 is 0 Å². The molecule has 2 aromatic heterocycles. The number of aromatic nitrogens is 4. The van der Waals surface area contributed by atoms with Gasteiger partial charge in [-0.2, -0.15) is 5.10 Å². The Kier molecular flexibility index (Phi) is 7.13. The summed E-state index contributed by atoms with van der Waals surface area (Å²) in [6.45, 7) is 9.59. The van der Waals surface area contributed by atoms with E-state index in [0.717, 1.165) is 61.1 Å². The second-order valence-corrected chi connectivity index (χ2v) is 12.3. The summed E-state index contributed by atoms with van der Waals surface area (Å²) < 4.78 is 7.08. The number of ether oxygens (including phenoxy) is 1. The van der Waals surface area contributed by atoms with Gasteiger partial charge < -0.3 is 15.0 Å². The largest absolute Gasteiger partial charge is 0.381 e. The van der Waals surface area contributed by atoms with Crippen molar-refractivity contribution in [1.82, 2.24) is 30.0 Å². The van der Waals surface area contributed by atoms with Crippen molar-refractivity contribution in [3.05, 3.63) is 41.6 Å². The van der Waals surface area contributed by atoms with Crippen LogP contribution in [0.2, 0.25) is 0 Å². The number of rotatable bonds is 8. The summed E-state index contributed by atoms with van der Waals surface area (Å²) in [6, 6.07) is 3.50. The fourth-order valence-electron chi connectivity index (χ4n) is 6.73. The molecule has 3 aromatic rings. The van der Waals surface area contributed by atoms with E-state index in [-0.39, 0.29) is 35.6 Å². The second kappa shape index (κ2) is 10.6. The Balaban J connectivity index is 1.23. The summed E-state index contributed by atoms with van der Waals surface area (Å²) in [5, 5.41) is 8.42. The molecule has 3 fully saturated rings. The average molecular weight is 559 g/mol. The van der Waals surface area contributed by atoms with Crippen LogP contribution in [-0.4, -0.2) is 74.1 Å². The van der Waals surface area contributed by atoms with Crippen molar-refractivity contribution in [2.45, 2.75) is 78.4 Å². The molecule has 4 heterocycles. The molecule has 2 amide bonds. The summed E-state index contributed by atoms with van der Waals surface area (Å²) in [5.74, 6) is 0.866. The normalized spacial score (nSPS) is 24.0. The van der Waals surface area contributed by atoms with Crippen molar-refractivity contribution >= 4 is 28.5 Å². The first kappa shape index (κ1) is 27.5. The van der Waals surface area contributed by atoms with Gasteiger partial charge in [0.05, 0.1) is 5.52 Å². The maximum absolute atomic E-state index is 13.9. The van der Waals surface area contributed by atoms with Gasteiger partial charge in [0.1, 0.15) is 24.1 Å². The van der Waals surface area contributed by atoms with Gasteiger partial charge in [0.2, 0.25) is 11.8 Å². The third-order valence-electron chi connectivity index (χ3n) is 9.19. The van der Waals surface area contributed by atoms with E-state index < -0.39 is 6.04 Å². The number of carbonyl (C=O) groups excluding carboxylic acids is 3. The van der Waals surface area contributed by atoms with Crippen LogP contribution in [0.4, 0.5) is 0 Å². The Labute approximate surface area is 239 Å². The number of likely N-dealkylation sites (tertiary alicyclic amines) is 1. The highest BCUT2D eigenvalue weighted by atomic mass is 16.5. The molecule has 10 heteroatoms. The van der Waals surface area contributed by atoms with E-state index in [1.54, 1.807) is 22.0 Å². The van der Waals surface area contributed by atoms with Crippen LogP contribution in [0.1, 0.15) is 67.8 Å². The van der Waals surface area contributed by atoms with Crippen LogP contribution in [0, 0.1) is 25.2 Å². The zero-order valence-corrected chi connectivity index (χ0v) is 24.3. The van der Waals surface area contributed by atoms with Crippen LogP contribution in [0.15, 0.2) is 24.5 Å². The van der Waals surface area contributed by atoms with Crippen LogP contribution in [-0.2, 0) is 20.9 Å². The molecule has 1 aromatic carbocycles. The highest BCUT2D eigenvalue weighted by Gasteiger charge is 2.64. The third kappa shape index (κ3) is 5.25. The molecule has 0 bridgehead atoms. The number of amides is 2. The van der Waals surface area contributed by atoms with Gasteiger partial charge in [0.25, 0.3) is 0 Å². The lowest BCUT2D eigenvalue weighted by atomic mass is 9.96. The monoisotopic (exact) mass is 558 g/mol. The summed E-state index contributed by atoms with van der Waals surface area (Å²) in [7, 11) is 0. The number of aryl methyl sites for hydroxylation is 2. The number of fused-ring (bicyclic) bond motifs is 2. The molecule has 2 aliphatic heterocycles. The fraction of sp³-hybridized carbons (Fsp3) is 0.548. The molecular weight excluding hydrogens is 520 g/mol. The number of hydrogen-bond acceptors (Lipinski definition) is 7. The quantitative estimate of drug-likeness (QED) is 0.420. The minimum atomic E-state index is -0.482. The molecule has 1 aliphatic carbocycles. The van der Waals surface area contributed by atoms with Gasteiger partial charge in [-0.05, 0) is 80.5 Å². The van der Waals surface area contributed by atoms with Crippen LogP contribution in [0.3, 0.4) is 0 Å². The van der Waals surface area contributed by atoms with Gasteiger partial charge in [-0.15, -0.1) is 0 Å². The van der Waals surface area contributed by atoms with Crippen molar-refractivity contribution in [3.63, 3.8) is 0 Å². The minimum absolute atomic E-state index is 0.0178. The molecule has 1 saturated carbocycles.